The number of hydrogen-bond donors (Lipinski definition) is 2. The molecule has 0 saturated heterocycles. The highest BCUT2D eigenvalue weighted by Gasteiger charge is 2.51. The van der Waals surface area contributed by atoms with Gasteiger partial charge in [0.05, 0.1) is 17.2 Å². The van der Waals surface area contributed by atoms with E-state index in [1.165, 1.54) is 0 Å². The van der Waals surface area contributed by atoms with E-state index in [9.17, 15) is 10.2 Å². The van der Waals surface area contributed by atoms with Gasteiger partial charge in [0.2, 0.25) is 0 Å². The molecule has 0 heterocycles. The Hall–Kier alpha value is -0.160. The van der Waals surface area contributed by atoms with Gasteiger partial charge >= 0.3 is 0 Å². The van der Waals surface area contributed by atoms with Crippen LogP contribution in [0, 0.1) is 11.3 Å². The summed E-state index contributed by atoms with van der Waals surface area (Å²) in [5, 5.41) is 21.6. The smallest absolute Gasteiger partial charge is 0.170 e. The molecule has 0 aliphatic heterocycles. The molecule has 5 unspecified atom stereocenters. The van der Waals surface area contributed by atoms with Gasteiger partial charge in [-0.05, 0) is 64.0 Å². The molecule has 2 aliphatic carbocycles. The molecule has 0 spiro atoms. The molecule has 5 atom stereocenters. The number of fused-ring (bicyclic) bond motifs is 2. The number of ether oxygens (including phenoxy) is 1. The van der Waals surface area contributed by atoms with Crippen molar-refractivity contribution >= 4 is 0 Å². The number of likely N-dealkylation sites (N-methyl/N-ethyl adjacent to an activating group) is 1. The molecular weight excluding hydrogens is 290 g/mol. The Bertz CT molecular complexity index is 406. The standard InChI is InChI=1S/C19H37NO3/c1-14-10-18(22)8-7-9-19(11-14,13-18)23-16(21)15(20(5)6)12-17(2,3)4/h14-16,21-22H,7-13H2,1-6H3. The Morgan fingerprint density at radius 2 is 1.87 bits per heavy atom. The first-order valence-corrected chi connectivity index (χ1v) is 9.18. The van der Waals surface area contributed by atoms with Crippen LogP contribution in [0.25, 0.3) is 0 Å². The molecule has 4 heteroatoms. The molecule has 0 aromatic rings. The van der Waals surface area contributed by atoms with Gasteiger partial charge in [-0.15, -0.1) is 0 Å². The summed E-state index contributed by atoms with van der Waals surface area (Å²) < 4.78 is 6.31. The highest BCUT2D eigenvalue weighted by molar-refractivity contribution is 5.03. The highest BCUT2D eigenvalue weighted by atomic mass is 16.6. The minimum atomic E-state index is -0.808. The molecular formula is C19H37NO3. The van der Waals surface area contributed by atoms with Gasteiger partial charge < -0.3 is 19.8 Å². The highest BCUT2D eigenvalue weighted by Crippen LogP contribution is 2.50. The number of nitrogens with zero attached hydrogens (tertiary/aromatic N) is 1. The molecule has 23 heavy (non-hydrogen) atoms. The molecule has 2 fully saturated rings. The summed E-state index contributed by atoms with van der Waals surface area (Å²) in [6.07, 6.45) is 5.37. The van der Waals surface area contributed by atoms with Crippen molar-refractivity contribution in [2.24, 2.45) is 11.3 Å². The van der Waals surface area contributed by atoms with Gasteiger partial charge in [0.25, 0.3) is 0 Å². The van der Waals surface area contributed by atoms with Crippen molar-refractivity contribution in [1.82, 2.24) is 4.90 Å². The Labute approximate surface area is 142 Å². The molecule has 2 rings (SSSR count). The maximum absolute atomic E-state index is 10.8. The van der Waals surface area contributed by atoms with E-state index < -0.39 is 11.9 Å². The van der Waals surface area contributed by atoms with Crippen molar-refractivity contribution in [1.29, 1.82) is 0 Å². The first kappa shape index (κ1) is 19.2. The number of rotatable bonds is 5. The molecule has 0 amide bonds. The Kier molecular flexibility index (Phi) is 5.52. The van der Waals surface area contributed by atoms with Crippen molar-refractivity contribution < 1.29 is 14.9 Å². The van der Waals surface area contributed by atoms with E-state index >= 15 is 0 Å². The number of aliphatic hydroxyl groups is 2. The SMILES string of the molecule is CC1CC2(O)CCCC(OC(O)C(CC(C)(C)C)N(C)C)(C1)C2. The fourth-order valence-corrected chi connectivity index (χ4v) is 4.87. The summed E-state index contributed by atoms with van der Waals surface area (Å²) >= 11 is 0. The predicted molar refractivity (Wildman–Crippen MR) is 93.2 cm³/mol. The number of aliphatic hydroxyl groups excluding tert-OH is 1. The molecule has 0 aromatic heterocycles. The van der Waals surface area contributed by atoms with Gasteiger partial charge in [0.15, 0.2) is 6.29 Å². The van der Waals surface area contributed by atoms with Gasteiger partial charge in [-0.25, -0.2) is 0 Å². The fourth-order valence-electron chi connectivity index (χ4n) is 4.87. The second kappa shape index (κ2) is 6.62. The van der Waals surface area contributed by atoms with Crippen molar-refractivity contribution in [2.45, 2.75) is 96.2 Å². The Balaban J connectivity index is 2.11. The first-order chi connectivity index (χ1) is 10.4. The second-order valence-corrected chi connectivity index (χ2v) is 9.76. The van der Waals surface area contributed by atoms with E-state index in [0.717, 1.165) is 38.5 Å². The van der Waals surface area contributed by atoms with E-state index in [1.807, 2.05) is 14.1 Å². The zero-order valence-corrected chi connectivity index (χ0v) is 15.9. The molecule has 2 N–H and O–H groups in total. The number of hydrogen-bond acceptors (Lipinski definition) is 4. The summed E-state index contributed by atoms with van der Waals surface area (Å²) in [6, 6.07) is -0.0309. The third-order valence-corrected chi connectivity index (χ3v) is 5.56. The van der Waals surface area contributed by atoms with E-state index in [4.69, 9.17) is 4.74 Å². The predicted octanol–water partition coefficient (Wildman–Crippen LogP) is 3.16. The van der Waals surface area contributed by atoms with Crippen LogP contribution in [0.1, 0.15) is 72.6 Å². The normalized spacial score (nSPS) is 37.7. The van der Waals surface area contributed by atoms with Crippen LogP contribution >= 0.6 is 0 Å². The lowest BCUT2D eigenvalue weighted by molar-refractivity contribution is -0.259. The molecule has 2 saturated carbocycles. The first-order valence-electron chi connectivity index (χ1n) is 9.18. The van der Waals surface area contributed by atoms with Crippen LogP contribution in [-0.2, 0) is 4.74 Å². The lowest BCUT2D eigenvalue weighted by atomic mass is 9.63. The zero-order chi connectivity index (χ0) is 17.5. The van der Waals surface area contributed by atoms with E-state index in [0.29, 0.717) is 12.3 Å². The van der Waals surface area contributed by atoms with Crippen LogP contribution in [0.15, 0.2) is 0 Å². The van der Waals surface area contributed by atoms with Crippen LogP contribution in [-0.4, -0.2) is 52.7 Å². The van der Waals surface area contributed by atoms with Crippen LogP contribution in [0.5, 0.6) is 0 Å². The van der Waals surface area contributed by atoms with Gasteiger partial charge in [0.1, 0.15) is 0 Å². The average molecular weight is 328 g/mol. The largest absolute Gasteiger partial charge is 0.390 e. The third kappa shape index (κ3) is 4.91. The second-order valence-electron chi connectivity index (χ2n) is 9.76. The van der Waals surface area contributed by atoms with Crippen LogP contribution in [0.2, 0.25) is 0 Å². The maximum atomic E-state index is 10.8. The van der Waals surface area contributed by atoms with Gasteiger partial charge in [-0.3, -0.25) is 0 Å². The summed E-state index contributed by atoms with van der Waals surface area (Å²) in [5.41, 5.74) is -0.812. The average Bonchev–Trinajstić information content (AvgIpc) is 2.31. The summed E-state index contributed by atoms with van der Waals surface area (Å²) in [5.74, 6) is 0.446. The zero-order valence-electron chi connectivity index (χ0n) is 15.9. The quantitative estimate of drug-likeness (QED) is 0.762. The lowest BCUT2D eigenvalue weighted by Crippen LogP contribution is -2.56. The van der Waals surface area contributed by atoms with E-state index in [2.05, 4.69) is 32.6 Å². The Morgan fingerprint density at radius 1 is 1.22 bits per heavy atom. The van der Waals surface area contributed by atoms with E-state index in [-0.39, 0.29) is 17.1 Å². The van der Waals surface area contributed by atoms with Crippen LogP contribution in [0.3, 0.4) is 0 Å². The monoisotopic (exact) mass is 327 g/mol. The van der Waals surface area contributed by atoms with Crippen molar-refractivity contribution in [2.75, 3.05) is 14.1 Å². The molecule has 0 aromatic carbocycles. The molecule has 2 aliphatic rings. The van der Waals surface area contributed by atoms with Crippen LogP contribution in [0.4, 0.5) is 0 Å². The summed E-state index contributed by atoms with van der Waals surface area (Å²) in [6.45, 7) is 8.77. The minimum absolute atomic E-state index is 0.0309. The van der Waals surface area contributed by atoms with E-state index in [1.54, 1.807) is 0 Å². The Morgan fingerprint density at radius 3 is 2.43 bits per heavy atom. The lowest BCUT2D eigenvalue weighted by Gasteiger charge is -2.53. The molecule has 4 nitrogen and oxygen atoms in total. The van der Waals surface area contributed by atoms with Gasteiger partial charge in [-0.2, -0.15) is 0 Å². The van der Waals surface area contributed by atoms with Gasteiger partial charge in [0, 0.05) is 6.42 Å². The van der Waals surface area contributed by atoms with Crippen molar-refractivity contribution in [3.05, 3.63) is 0 Å². The van der Waals surface area contributed by atoms with Crippen LogP contribution < -0.4 is 0 Å². The summed E-state index contributed by atoms with van der Waals surface area (Å²) in [4.78, 5) is 2.06. The fraction of sp³-hybridized carbons (Fsp3) is 1.00. The minimum Gasteiger partial charge on any atom is -0.390 e. The maximum Gasteiger partial charge on any atom is 0.170 e. The molecule has 0 radical (unpaired) electrons. The molecule has 136 valence electrons. The molecule has 2 bridgehead atoms. The van der Waals surface area contributed by atoms with Crippen molar-refractivity contribution in [3.63, 3.8) is 0 Å². The summed E-state index contributed by atoms with van der Waals surface area (Å²) in [7, 11) is 4.00. The third-order valence-electron chi connectivity index (χ3n) is 5.56. The van der Waals surface area contributed by atoms with Gasteiger partial charge in [-0.1, -0.05) is 27.7 Å². The topological polar surface area (TPSA) is 52.9 Å². The van der Waals surface area contributed by atoms with Crippen molar-refractivity contribution in [3.8, 4) is 0 Å².